The van der Waals surface area contributed by atoms with Crippen LogP contribution in [-0.2, 0) is 0 Å². The lowest BCUT2D eigenvalue weighted by molar-refractivity contribution is 0.108. The minimum absolute atomic E-state index is 0.437. The molecule has 0 aliphatic heterocycles. The van der Waals surface area contributed by atoms with Gasteiger partial charge in [0.2, 0.25) is 0 Å². The van der Waals surface area contributed by atoms with Crippen molar-refractivity contribution in [1.82, 2.24) is 0 Å². The third kappa shape index (κ3) is 3.56. The number of rotatable bonds is 4. The van der Waals surface area contributed by atoms with Crippen LogP contribution in [0.5, 0.6) is 5.75 Å². The second kappa shape index (κ2) is 5.17. The Kier molecular flexibility index (Phi) is 4.15. The molecule has 0 unspecified atom stereocenters. The zero-order chi connectivity index (χ0) is 11.4. The molecule has 0 radical (unpaired) electrons. The average Bonchev–Trinajstić information content (AvgIpc) is 2.15. The van der Waals surface area contributed by atoms with E-state index >= 15 is 0 Å². The van der Waals surface area contributed by atoms with Gasteiger partial charge in [0, 0.05) is 5.56 Å². The van der Waals surface area contributed by atoms with E-state index in [-0.39, 0.29) is 0 Å². The molecule has 0 aliphatic carbocycles. The number of carbonyl (C=O) groups excluding carboxylic acids is 1. The smallest absolute Gasteiger partial charge is 0.252 e. The van der Waals surface area contributed by atoms with Crippen molar-refractivity contribution in [1.29, 1.82) is 0 Å². The summed E-state index contributed by atoms with van der Waals surface area (Å²) in [5.41, 5.74) is 1.44. The van der Waals surface area contributed by atoms with E-state index in [4.69, 9.17) is 16.3 Å². The van der Waals surface area contributed by atoms with E-state index in [0.717, 1.165) is 11.3 Å². The molecule has 0 atom stereocenters. The van der Waals surface area contributed by atoms with Gasteiger partial charge in [0.05, 0.1) is 6.61 Å². The van der Waals surface area contributed by atoms with Crippen molar-refractivity contribution in [2.75, 3.05) is 6.61 Å². The molecule has 0 amide bonds. The highest BCUT2D eigenvalue weighted by Gasteiger charge is 2.06. The summed E-state index contributed by atoms with van der Waals surface area (Å²) in [6, 6.07) is 5.20. The Labute approximate surface area is 95.2 Å². The molecule has 0 fully saturated rings. The van der Waals surface area contributed by atoms with Crippen LogP contribution in [0.2, 0.25) is 0 Å². The summed E-state index contributed by atoms with van der Waals surface area (Å²) in [5.74, 6) is 1.30. The van der Waals surface area contributed by atoms with Crippen molar-refractivity contribution in [3.8, 4) is 5.75 Å². The van der Waals surface area contributed by atoms with Crippen molar-refractivity contribution in [2.45, 2.75) is 20.8 Å². The van der Waals surface area contributed by atoms with E-state index in [1.165, 1.54) is 0 Å². The number of carbonyl (C=O) groups is 1. The lowest BCUT2D eigenvalue weighted by atomic mass is 10.1. The molecule has 0 aliphatic rings. The van der Waals surface area contributed by atoms with E-state index in [1.807, 2.05) is 6.92 Å². The topological polar surface area (TPSA) is 26.3 Å². The molecule has 0 bridgehead atoms. The molecule has 0 N–H and O–H groups in total. The van der Waals surface area contributed by atoms with Gasteiger partial charge in [0.15, 0.2) is 0 Å². The fraction of sp³-hybridized carbons (Fsp3) is 0.417. The van der Waals surface area contributed by atoms with Gasteiger partial charge in [0.1, 0.15) is 5.75 Å². The molecule has 2 nitrogen and oxygen atoms in total. The molecule has 3 heteroatoms. The molecule has 1 rings (SSSR count). The summed E-state index contributed by atoms with van der Waals surface area (Å²) in [6.45, 7) is 6.76. The molecule has 0 saturated heterocycles. The SMILES string of the molecule is Cc1cc(C(=O)Cl)ccc1OCC(C)C. The largest absolute Gasteiger partial charge is 0.493 e. The zero-order valence-electron chi connectivity index (χ0n) is 9.21. The Morgan fingerprint density at radius 3 is 2.60 bits per heavy atom. The lowest BCUT2D eigenvalue weighted by Gasteiger charge is -2.11. The van der Waals surface area contributed by atoms with Crippen molar-refractivity contribution in [2.24, 2.45) is 5.92 Å². The highest BCUT2D eigenvalue weighted by molar-refractivity contribution is 6.67. The minimum Gasteiger partial charge on any atom is -0.493 e. The lowest BCUT2D eigenvalue weighted by Crippen LogP contribution is -2.05. The molecule has 0 saturated carbocycles. The molecule has 1 aromatic rings. The minimum atomic E-state index is -0.437. The summed E-state index contributed by atoms with van der Waals surface area (Å²) < 4.78 is 5.58. The van der Waals surface area contributed by atoms with E-state index in [1.54, 1.807) is 18.2 Å². The van der Waals surface area contributed by atoms with E-state index in [0.29, 0.717) is 18.1 Å². The molecule has 0 spiro atoms. The van der Waals surface area contributed by atoms with Crippen LogP contribution >= 0.6 is 11.6 Å². The molecule has 15 heavy (non-hydrogen) atoms. The van der Waals surface area contributed by atoms with E-state index < -0.39 is 5.24 Å². The van der Waals surface area contributed by atoms with Gasteiger partial charge in [-0.1, -0.05) is 13.8 Å². The van der Waals surface area contributed by atoms with E-state index in [9.17, 15) is 4.79 Å². The number of benzene rings is 1. The van der Waals surface area contributed by atoms with Crippen LogP contribution in [0.25, 0.3) is 0 Å². The van der Waals surface area contributed by atoms with Gasteiger partial charge in [-0.05, 0) is 48.2 Å². The quantitative estimate of drug-likeness (QED) is 0.736. The van der Waals surface area contributed by atoms with Crippen molar-refractivity contribution in [3.63, 3.8) is 0 Å². The molecule has 0 heterocycles. The predicted molar refractivity (Wildman–Crippen MR) is 61.7 cm³/mol. The fourth-order valence-electron chi connectivity index (χ4n) is 1.19. The first kappa shape index (κ1) is 12.1. The second-order valence-corrected chi connectivity index (χ2v) is 4.30. The van der Waals surface area contributed by atoms with Gasteiger partial charge < -0.3 is 4.74 Å². The third-order valence-electron chi connectivity index (χ3n) is 1.97. The molecule has 0 aromatic heterocycles. The number of hydrogen-bond donors (Lipinski definition) is 0. The maximum Gasteiger partial charge on any atom is 0.252 e. The van der Waals surface area contributed by atoms with Crippen LogP contribution in [0, 0.1) is 12.8 Å². The standard InChI is InChI=1S/C12H15ClO2/c1-8(2)7-15-11-5-4-10(12(13)14)6-9(11)3/h4-6,8H,7H2,1-3H3. The number of aryl methyl sites for hydroxylation is 1. The maximum atomic E-state index is 10.9. The van der Waals surface area contributed by atoms with E-state index in [2.05, 4.69) is 13.8 Å². The first-order chi connectivity index (χ1) is 7.00. The number of hydrogen-bond acceptors (Lipinski definition) is 2. The van der Waals surface area contributed by atoms with Gasteiger partial charge in [-0.3, -0.25) is 4.79 Å². The Hall–Kier alpha value is -1.02. The first-order valence-corrected chi connectivity index (χ1v) is 5.31. The van der Waals surface area contributed by atoms with Gasteiger partial charge in [-0.25, -0.2) is 0 Å². The fourth-order valence-corrected chi connectivity index (χ4v) is 1.31. The summed E-state index contributed by atoms with van der Waals surface area (Å²) in [5, 5.41) is -0.437. The maximum absolute atomic E-state index is 10.9. The molecular formula is C12H15ClO2. The Morgan fingerprint density at radius 1 is 1.47 bits per heavy atom. The summed E-state index contributed by atoms with van der Waals surface area (Å²) in [6.07, 6.45) is 0. The van der Waals surface area contributed by atoms with Crippen molar-refractivity contribution >= 4 is 16.8 Å². The molecule has 82 valence electrons. The number of ether oxygens (including phenoxy) is 1. The van der Waals surface area contributed by atoms with Crippen LogP contribution in [0.15, 0.2) is 18.2 Å². The zero-order valence-corrected chi connectivity index (χ0v) is 9.97. The van der Waals surface area contributed by atoms with Crippen molar-refractivity contribution < 1.29 is 9.53 Å². The normalized spacial score (nSPS) is 10.5. The van der Waals surface area contributed by atoms with Gasteiger partial charge >= 0.3 is 0 Å². The monoisotopic (exact) mass is 226 g/mol. The Balaban J connectivity index is 2.79. The van der Waals surface area contributed by atoms with Crippen molar-refractivity contribution in [3.05, 3.63) is 29.3 Å². The first-order valence-electron chi connectivity index (χ1n) is 4.94. The number of halogens is 1. The van der Waals surface area contributed by atoms with Gasteiger partial charge in [0.25, 0.3) is 5.24 Å². The predicted octanol–water partition coefficient (Wildman–Crippen LogP) is 3.41. The van der Waals surface area contributed by atoms with Crippen LogP contribution < -0.4 is 4.74 Å². The summed E-state index contributed by atoms with van der Waals surface area (Å²) >= 11 is 5.38. The van der Waals surface area contributed by atoms with Crippen LogP contribution in [0.1, 0.15) is 29.8 Å². The molecule has 1 aromatic carbocycles. The summed E-state index contributed by atoms with van der Waals surface area (Å²) in [7, 11) is 0. The van der Waals surface area contributed by atoms with Crippen LogP contribution in [-0.4, -0.2) is 11.8 Å². The Bertz CT molecular complexity index is 359. The average molecular weight is 227 g/mol. The Morgan fingerprint density at radius 2 is 2.13 bits per heavy atom. The van der Waals surface area contributed by atoms with Gasteiger partial charge in [-0.15, -0.1) is 0 Å². The summed E-state index contributed by atoms with van der Waals surface area (Å²) in [4.78, 5) is 10.9. The van der Waals surface area contributed by atoms with Gasteiger partial charge in [-0.2, -0.15) is 0 Å². The highest BCUT2D eigenvalue weighted by atomic mass is 35.5. The third-order valence-corrected chi connectivity index (χ3v) is 2.19. The molecular weight excluding hydrogens is 212 g/mol. The van der Waals surface area contributed by atoms with Crippen LogP contribution in [0.3, 0.4) is 0 Å². The van der Waals surface area contributed by atoms with Crippen LogP contribution in [0.4, 0.5) is 0 Å². The highest BCUT2D eigenvalue weighted by Crippen LogP contribution is 2.20. The second-order valence-electron chi connectivity index (χ2n) is 3.96.